The summed E-state index contributed by atoms with van der Waals surface area (Å²) in [6, 6.07) is 7.25. The monoisotopic (exact) mass is 382 g/mol. The molecule has 27 heavy (non-hydrogen) atoms. The van der Waals surface area contributed by atoms with E-state index < -0.39 is 0 Å². The summed E-state index contributed by atoms with van der Waals surface area (Å²) in [5.74, 6) is 1.21. The Bertz CT molecular complexity index is 1150. The number of unbranched alkanes of at least 4 members (excludes halogenated alkanes) is 1. The van der Waals surface area contributed by atoms with Gasteiger partial charge in [-0.1, -0.05) is 13.3 Å². The van der Waals surface area contributed by atoms with Gasteiger partial charge in [-0.15, -0.1) is 11.3 Å². The number of benzene rings is 1. The van der Waals surface area contributed by atoms with E-state index in [0.29, 0.717) is 32.9 Å². The molecule has 0 unspecified atom stereocenters. The van der Waals surface area contributed by atoms with Gasteiger partial charge in [-0.3, -0.25) is 9.36 Å². The average Bonchev–Trinajstić information content (AvgIpc) is 3.09. The van der Waals surface area contributed by atoms with Gasteiger partial charge in [0.15, 0.2) is 0 Å². The molecule has 0 atom stereocenters. The molecule has 0 aliphatic rings. The van der Waals surface area contributed by atoms with Crippen molar-refractivity contribution >= 4 is 31.8 Å². The lowest BCUT2D eigenvalue weighted by Gasteiger charge is -2.07. The first-order valence-corrected chi connectivity index (χ1v) is 9.46. The van der Waals surface area contributed by atoms with Crippen molar-refractivity contribution in [2.45, 2.75) is 19.8 Å². The minimum absolute atomic E-state index is 0.146. The third kappa shape index (κ3) is 3.12. The average molecular weight is 382 g/mol. The van der Waals surface area contributed by atoms with Crippen molar-refractivity contribution in [3.05, 3.63) is 47.3 Å². The van der Waals surface area contributed by atoms with Crippen molar-refractivity contribution in [2.75, 3.05) is 13.7 Å². The summed E-state index contributed by atoms with van der Waals surface area (Å²) >= 11 is 1.31. The molecule has 1 aromatic carbocycles. The lowest BCUT2D eigenvalue weighted by atomic mass is 10.3. The molecule has 3 aromatic heterocycles. The van der Waals surface area contributed by atoms with Gasteiger partial charge in [0.1, 0.15) is 38.8 Å². The normalized spacial score (nSPS) is 11.2. The predicted molar refractivity (Wildman–Crippen MR) is 105 cm³/mol. The molecule has 4 rings (SSSR count). The van der Waals surface area contributed by atoms with Crippen molar-refractivity contribution in [3.63, 3.8) is 0 Å². The van der Waals surface area contributed by atoms with E-state index in [4.69, 9.17) is 9.47 Å². The number of hydrogen-bond donors (Lipinski definition) is 0. The molecular weight excluding hydrogens is 364 g/mol. The fraction of sp³-hybridized carbons (Fsp3) is 0.263. The second-order valence-electron chi connectivity index (χ2n) is 5.96. The molecular formula is C19H18N4O3S. The van der Waals surface area contributed by atoms with Crippen LogP contribution in [0.3, 0.4) is 0 Å². The van der Waals surface area contributed by atoms with Gasteiger partial charge in [-0.05, 0) is 30.7 Å². The smallest absolute Gasteiger partial charge is 0.275 e. The Morgan fingerprint density at radius 1 is 1.15 bits per heavy atom. The maximum absolute atomic E-state index is 13.0. The van der Waals surface area contributed by atoms with Crippen LogP contribution >= 0.6 is 11.3 Å². The molecule has 4 aromatic rings. The second kappa shape index (κ2) is 7.32. The molecule has 0 saturated carbocycles. The fourth-order valence-electron chi connectivity index (χ4n) is 2.79. The van der Waals surface area contributed by atoms with Crippen LogP contribution in [0, 0.1) is 0 Å². The van der Waals surface area contributed by atoms with E-state index in [9.17, 15) is 4.79 Å². The van der Waals surface area contributed by atoms with Crippen LogP contribution in [-0.4, -0.2) is 33.2 Å². The third-order valence-corrected chi connectivity index (χ3v) is 5.31. The Labute approximate surface area is 159 Å². The van der Waals surface area contributed by atoms with E-state index in [1.807, 2.05) is 24.3 Å². The van der Waals surface area contributed by atoms with Crippen LogP contribution in [0.4, 0.5) is 0 Å². The summed E-state index contributed by atoms with van der Waals surface area (Å²) < 4.78 is 13.0. The molecule has 3 heterocycles. The summed E-state index contributed by atoms with van der Waals surface area (Å²) in [7, 11) is 1.60. The van der Waals surface area contributed by atoms with Crippen LogP contribution in [0.15, 0.2) is 41.7 Å². The summed E-state index contributed by atoms with van der Waals surface area (Å²) in [4.78, 5) is 26.8. The summed E-state index contributed by atoms with van der Waals surface area (Å²) in [6.45, 7) is 2.67. The number of aromatic nitrogens is 4. The van der Waals surface area contributed by atoms with Crippen LogP contribution in [0.2, 0.25) is 0 Å². The van der Waals surface area contributed by atoms with Gasteiger partial charge in [0.25, 0.3) is 5.56 Å². The van der Waals surface area contributed by atoms with Crippen LogP contribution < -0.4 is 15.0 Å². The number of fused-ring (bicyclic) bond motifs is 3. The largest absolute Gasteiger partial charge is 0.497 e. The Hall–Kier alpha value is -3.00. The number of nitrogens with zero attached hydrogens (tertiary/aromatic N) is 4. The molecule has 0 radical (unpaired) electrons. The first-order valence-electron chi connectivity index (χ1n) is 8.65. The topological polar surface area (TPSA) is 79.1 Å². The lowest BCUT2D eigenvalue weighted by molar-refractivity contribution is 0.301. The maximum atomic E-state index is 13.0. The zero-order chi connectivity index (χ0) is 18.8. The van der Waals surface area contributed by atoms with E-state index in [-0.39, 0.29) is 5.56 Å². The predicted octanol–water partition coefficient (Wildman–Crippen LogP) is 3.58. The Balaban J connectivity index is 1.84. The van der Waals surface area contributed by atoms with Gasteiger partial charge in [0.05, 0.1) is 19.4 Å². The molecule has 0 aliphatic carbocycles. The highest BCUT2D eigenvalue weighted by Crippen LogP contribution is 2.34. The molecule has 7 nitrogen and oxygen atoms in total. The third-order valence-electron chi connectivity index (χ3n) is 4.23. The molecule has 0 N–H and O–H groups in total. The molecule has 0 aliphatic heterocycles. The second-order valence-corrected chi connectivity index (χ2v) is 6.96. The van der Waals surface area contributed by atoms with Crippen molar-refractivity contribution in [3.8, 4) is 17.3 Å². The Kier molecular flexibility index (Phi) is 4.72. The van der Waals surface area contributed by atoms with Gasteiger partial charge in [0, 0.05) is 0 Å². The summed E-state index contributed by atoms with van der Waals surface area (Å²) in [5, 5.41) is 0.701. The van der Waals surface area contributed by atoms with E-state index in [1.54, 1.807) is 7.11 Å². The van der Waals surface area contributed by atoms with Gasteiger partial charge < -0.3 is 9.47 Å². The molecule has 0 bridgehead atoms. The zero-order valence-electron chi connectivity index (χ0n) is 15.0. The maximum Gasteiger partial charge on any atom is 0.275 e. The van der Waals surface area contributed by atoms with Gasteiger partial charge >= 0.3 is 0 Å². The first kappa shape index (κ1) is 17.4. The van der Waals surface area contributed by atoms with Gasteiger partial charge in [0.2, 0.25) is 5.88 Å². The van der Waals surface area contributed by atoms with Crippen LogP contribution in [0.5, 0.6) is 11.6 Å². The Morgan fingerprint density at radius 2 is 1.96 bits per heavy atom. The number of hydrogen-bond acceptors (Lipinski definition) is 7. The molecule has 0 saturated heterocycles. The first-order chi connectivity index (χ1) is 13.2. The zero-order valence-corrected chi connectivity index (χ0v) is 15.8. The van der Waals surface area contributed by atoms with Crippen molar-refractivity contribution < 1.29 is 9.47 Å². The minimum Gasteiger partial charge on any atom is -0.497 e. The molecule has 0 fully saturated rings. The van der Waals surface area contributed by atoms with Crippen molar-refractivity contribution in [2.24, 2.45) is 0 Å². The SMILES string of the molecule is CCCCOc1ncnc2sc3c(=O)n(-c4ccc(OC)cc4)cnc3c12. The van der Waals surface area contributed by atoms with E-state index in [2.05, 4.69) is 21.9 Å². The minimum atomic E-state index is -0.146. The van der Waals surface area contributed by atoms with Crippen LogP contribution in [-0.2, 0) is 0 Å². The van der Waals surface area contributed by atoms with Gasteiger partial charge in [-0.2, -0.15) is 0 Å². The van der Waals surface area contributed by atoms with Crippen molar-refractivity contribution in [1.82, 2.24) is 19.5 Å². The standard InChI is InChI=1S/C19H18N4O3S/c1-3-4-9-26-17-14-15-16(27-18(14)21-10-20-17)19(24)23(11-22-15)12-5-7-13(25-2)8-6-12/h5-8,10-11H,3-4,9H2,1-2H3. The molecule has 138 valence electrons. The molecule has 8 heteroatoms. The van der Waals surface area contributed by atoms with Gasteiger partial charge in [-0.25, -0.2) is 15.0 Å². The van der Waals surface area contributed by atoms with E-state index in [0.717, 1.165) is 24.3 Å². The number of rotatable bonds is 6. The molecule has 0 amide bonds. The van der Waals surface area contributed by atoms with E-state index in [1.165, 1.54) is 28.6 Å². The summed E-state index contributed by atoms with van der Waals surface area (Å²) in [5.41, 5.74) is 1.16. The lowest BCUT2D eigenvalue weighted by Crippen LogP contribution is -2.17. The highest BCUT2D eigenvalue weighted by molar-refractivity contribution is 7.25. The summed E-state index contributed by atoms with van der Waals surface area (Å²) in [6.07, 6.45) is 4.96. The molecule has 0 spiro atoms. The Morgan fingerprint density at radius 3 is 2.70 bits per heavy atom. The fourth-order valence-corrected chi connectivity index (χ4v) is 3.80. The number of thiophene rings is 1. The quantitative estimate of drug-likeness (QED) is 0.474. The van der Waals surface area contributed by atoms with Crippen LogP contribution in [0.1, 0.15) is 19.8 Å². The number of ether oxygens (including phenoxy) is 2. The van der Waals surface area contributed by atoms with Crippen molar-refractivity contribution in [1.29, 1.82) is 0 Å². The van der Waals surface area contributed by atoms with Crippen LogP contribution in [0.25, 0.3) is 26.1 Å². The highest BCUT2D eigenvalue weighted by Gasteiger charge is 2.17. The van der Waals surface area contributed by atoms with E-state index >= 15 is 0 Å². The highest BCUT2D eigenvalue weighted by atomic mass is 32.1. The number of methoxy groups -OCH3 is 1.